The quantitative estimate of drug-likeness (QED) is 0.337. The lowest BCUT2D eigenvalue weighted by Crippen LogP contribution is -2.46. The Morgan fingerprint density at radius 1 is 1.41 bits per heavy atom. The smallest absolute Gasteiger partial charge is 0.244 e. The molecule has 0 aliphatic carbocycles. The number of hydrogen-bond acceptors (Lipinski definition) is 3. The van der Waals surface area contributed by atoms with E-state index in [-0.39, 0.29) is 23.4 Å². The Labute approximate surface area is 112 Å². The molecule has 0 spiro atoms. The summed E-state index contributed by atoms with van der Waals surface area (Å²) in [6.45, 7) is 7.52. The van der Waals surface area contributed by atoms with Crippen molar-refractivity contribution < 1.29 is 14.3 Å². The van der Waals surface area contributed by atoms with Gasteiger partial charge in [-0.3, -0.25) is 14.5 Å². The van der Waals surface area contributed by atoms with Gasteiger partial charge in [0.15, 0.2) is 0 Å². The summed E-state index contributed by atoms with van der Waals surface area (Å²) < 4.78 is 5.44. The van der Waals surface area contributed by atoms with E-state index in [1.807, 2.05) is 0 Å². The summed E-state index contributed by atoms with van der Waals surface area (Å²) >= 11 is 3.27. The Kier molecular flexibility index (Phi) is 5.34. The minimum absolute atomic E-state index is 0.101. The molecule has 1 atom stereocenters. The van der Waals surface area contributed by atoms with Crippen molar-refractivity contribution in [3.8, 4) is 0 Å². The maximum Gasteiger partial charge on any atom is 0.244 e. The lowest BCUT2D eigenvalue weighted by atomic mass is 10.1. The number of nitrogens with zero attached hydrogens (tertiary/aromatic N) is 1. The van der Waals surface area contributed by atoms with Crippen LogP contribution < -0.4 is 0 Å². The first kappa shape index (κ1) is 14.9. The molecule has 98 valence electrons. The Morgan fingerprint density at radius 2 is 2.06 bits per heavy atom. The Hall–Kier alpha value is -0.203. The molecule has 0 aromatic rings. The van der Waals surface area contributed by atoms with E-state index in [2.05, 4.69) is 35.6 Å². The van der Waals surface area contributed by atoms with E-state index < -0.39 is 8.07 Å². The molecule has 1 unspecified atom stereocenters. The zero-order valence-corrected chi connectivity index (χ0v) is 13.2. The average Bonchev–Trinajstić information content (AvgIpc) is 2.21. The van der Waals surface area contributed by atoms with Gasteiger partial charge in [0, 0.05) is 21.1 Å². The van der Waals surface area contributed by atoms with Crippen LogP contribution in [0.4, 0.5) is 0 Å². The fourth-order valence-electron chi connectivity index (χ4n) is 1.47. The second-order valence-electron chi connectivity index (χ2n) is 5.51. The number of likely N-dealkylation sites (tertiary alicyclic amines) is 1. The van der Waals surface area contributed by atoms with Crippen molar-refractivity contribution in [3.05, 3.63) is 0 Å². The predicted molar refractivity (Wildman–Crippen MR) is 72.8 cm³/mol. The topological polar surface area (TPSA) is 46.6 Å². The van der Waals surface area contributed by atoms with Crippen LogP contribution in [0, 0.1) is 0 Å². The largest absolute Gasteiger partial charge is 0.361 e. The van der Waals surface area contributed by atoms with Gasteiger partial charge < -0.3 is 4.74 Å². The third-order valence-electron chi connectivity index (χ3n) is 2.66. The van der Waals surface area contributed by atoms with E-state index in [1.165, 1.54) is 4.90 Å². The van der Waals surface area contributed by atoms with Crippen LogP contribution in [0.3, 0.4) is 0 Å². The third kappa shape index (κ3) is 4.89. The summed E-state index contributed by atoms with van der Waals surface area (Å²) in [7, 11) is -1.11. The van der Waals surface area contributed by atoms with E-state index in [4.69, 9.17) is 4.74 Å². The Bertz CT molecular complexity index is 304. The molecule has 0 saturated carbocycles. The zero-order chi connectivity index (χ0) is 13.1. The molecule has 2 amide bonds. The normalized spacial score (nSPS) is 22.1. The first-order valence-corrected chi connectivity index (χ1v) is 10.5. The Balaban J connectivity index is 2.34. The molecule has 1 aliphatic rings. The van der Waals surface area contributed by atoms with Gasteiger partial charge in [-0.15, -0.1) is 0 Å². The summed E-state index contributed by atoms with van der Waals surface area (Å²) in [5.74, 6) is -0.298. The molecule has 0 N–H and O–H groups in total. The summed E-state index contributed by atoms with van der Waals surface area (Å²) in [4.78, 5) is 24.2. The van der Waals surface area contributed by atoms with Crippen molar-refractivity contribution in [1.82, 2.24) is 4.90 Å². The molecule has 6 heteroatoms. The molecule has 17 heavy (non-hydrogen) atoms. The molecule has 0 bridgehead atoms. The summed E-state index contributed by atoms with van der Waals surface area (Å²) in [5.41, 5.74) is 0. The number of imide groups is 1. The fraction of sp³-hybridized carbons (Fsp3) is 0.818. The number of carbonyl (C=O) groups is 2. The van der Waals surface area contributed by atoms with Gasteiger partial charge in [0.2, 0.25) is 11.8 Å². The third-order valence-corrected chi connectivity index (χ3v) is 5.22. The lowest BCUT2D eigenvalue weighted by molar-refractivity contribution is -0.153. The molecule has 0 radical (unpaired) electrons. The van der Waals surface area contributed by atoms with Gasteiger partial charge in [-0.25, -0.2) is 0 Å². The van der Waals surface area contributed by atoms with Gasteiger partial charge in [-0.2, -0.15) is 0 Å². The molecule has 1 heterocycles. The van der Waals surface area contributed by atoms with Crippen molar-refractivity contribution in [3.63, 3.8) is 0 Å². The fourth-order valence-corrected chi connectivity index (χ4v) is 2.70. The first-order valence-electron chi connectivity index (χ1n) is 5.87. The van der Waals surface area contributed by atoms with E-state index in [9.17, 15) is 9.59 Å². The van der Waals surface area contributed by atoms with Gasteiger partial charge >= 0.3 is 0 Å². The van der Waals surface area contributed by atoms with Crippen LogP contribution in [-0.4, -0.2) is 43.0 Å². The van der Waals surface area contributed by atoms with Crippen LogP contribution in [0.5, 0.6) is 0 Å². The van der Waals surface area contributed by atoms with Crippen LogP contribution in [0.25, 0.3) is 0 Å². The number of halogens is 1. The van der Waals surface area contributed by atoms with Crippen molar-refractivity contribution >= 4 is 35.8 Å². The monoisotopic (exact) mass is 321 g/mol. The van der Waals surface area contributed by atoms with Gasteiger partial charge in [0.1, 0.15) is 6.73 Å². The maximum absolute atomic E-state index is 11.7. The molecule has 0 aromatic carbocycles. The molecular weight excluding hydrogens is 302 g/mol. The van der Waals surface area contributed by atoms with Gasteiger partial charge in [-0.05, 0) is 12.5 Å². The number of rotatable bonds is 5. The van der Waals surface area contributed by atoms with Crippen LogP contribution in [0.1, 0.15) is 12.8 Å². The number of ether oxygens (including phenoxy) is 1. The van der Waals surface area contributed by atoms with Gasteiger partial charge in [0.05, 0.1) is 4.83 Å². The summed E-state index contributed by atoms with van der Waals surface area (Å²) in [6.07, 6.45) is 1.00. The minimum Gasteiger partial charge on any atom is -0.361 e. The second kappa shape index (κ2) is 6.11. The lowest BCUT2D eigenvalue weighted by Gasteiger charge is -2.28. The highest BCUT2D eigenvalue weighted by atomic mass is 79.9. The first-order chi connectivity index (χ1) is 7.81. The van der Waals surface area contributed by atoms with Crippen LogP contribution in [0.15, 0.2) is 0 Å². The molecule has 1 saturated heterocycles. The molecule has 1 rings (SSSR count). The molecule has 0 aromatic heterocycles. The highest BCUT2D eigenvalue weighted by Gasteiger charge is 2.32. The van der Waals surface area contributed by atoms with Crippen LogP contribution in [0.2, 0.25) is 25.7 Å². The molecule has 1 fully saturated rings. The minimum atomic E-state index is -1.11. The van der Waals surface area contributed by atoms with Crippen molar-refractivity contribution in [2.24, 2.45) is 0 Å². The van der Waals surface area contributed by atoms with Gasteiger partial charge in [0.25, 0.3) is 0 Å². The van der Waals surface area contributed by atoms with Crippen molar-refractivity contribution in [1.29, 1.82) is 0 Å². The second-order valence-corrected chi connectivity index (χ2v) is 12.2. The average molecular weight is 322 g/mol. The van der Waals surface area contributed by atoms with E-state index in [0.29, 0.717) is 19.4 Å². The highest BCUT2D eigenvalue weighted by Crippen LogP contribution is 2.19. The number of piperidine rings is 1. The SMILES string of the molecule is C[Si](C)(C)CCOCN1C(=O)CCC(Br)C1=O. The van der Waals surface area contributed by atoms with Crippen molar-refractivity contribution in [2.45, 2.75) is 43.4 Å². The summed E-state index contributed by atoms with van der Waals surface area (Å²) in [5, 5.41) is 0. The standard InChI is InChI=1S/C11H20BrNO3Si/c1-17(2,3)7-6-16-8-13-10(14)5-4-9(12)11(13)15/h9H,4-8H2,1-3H3. The van der Waals surface area contributed by atoms with E-state index in [0.717, 1.165) is 6.04 Å². The number of alkyl halides is 1. The van der Waals surface area contributed by atoms with Crippen LogP contribution in [-0.2, 0) is 14.3 Å². The zero-order valence-electron chi connectivity index (χ0n) is 10.7. The Morgan fingerprint density at radius 3 is 2.65 bits per heavy atom. The molecule has 4 nitrogen and oxygen atoms in total. The van der Waals surface area contributed by atoms with E-state index >= 15 is 0 Å². The number of hydrogen-bond donors (Lipinski definition) is 0. The van der Waals surface area contributed by atoms with Crippen molar-refractivity contribution in [2.75, 3.05) is 13.3 Å². The summed E-state index contributed by atoms with van der Waals surface area (Å²) in [6, 6.07) is 1.04. The molecule has 1 aliphatic heterocycles. The number of amides is 2. The van der Waals surface area contributed by atoms with Gasteiger partial charge in [-0.1, -0.05) is 35.6 Å². The van der Waals surface area contributed by atoms with Crippen LogP contribution >= 0.6 is 15.9 Å². The predicted octanol–water partition coefficient (Wildman–Crippen LogP) is 2.21. The van der Waals surface area contributed by atoms with E-state index in [1.54, 1.807) is 0 Å². The number of carbonyl (C=O) groups excluding carboxylic acids is 2. The highest BCUT2D eigenvalue weighted by molar-refractivity contribution is 9.10. The maximum atomic E-state index is 11.7. The molecular formula is C11H20BrNO3Si.